The molecule has 1 aromatic carbocycles. The minimum absolute atomic E-state index is 0.699. The molecule has 18 heavy (non-hydrogen) atoms. The lowest BCUT2D eigenvalue weighted by Gasteiger charge is -2.21. The van der Waals surface area contributed by atoms with E-state index in [2.05, 4.69) is 41.4 Å². The molecular weight excluding hydrogens is 220 g/mol. The Morgan fingerprint density at radius 1 is 0.944 bits per heavy atom. The van der Waals surface area contributed by atoms with Crippen LogP contribution in [0.1, 0.15) is 49.7 Å². The number of aryl methyl sites for hydroxylation is 1. The van der Waals surface area contributed by atoms with E-state index in [1.54, 1.807) is 0 Å². The van der Waals surface area contributed by atoms with Crippen LogP contribution in [0.5, 0.6) is 0 Å². The van der Waals surface area contributed by atoms with Gasteiger partial charge in [0.05, 0.1) is 5.71 Å². The minimum atomic E-state index is 0.699. The van der Waals surface area contributed by atoms with Crippen LogP contribution in [0.3, 0.4) is 0 Å². The Hall–Kier alpha value is -1.44. The molecule has 0 spiro atoms. The zero-order valence-electron chi connectivity index (χ0n) is 11.0. The fourth-order valence-corrected chi connectivity index (χ4v) is 2.94. The van der Waals surface area contributed by atoms with E-state index in [9.17, 15) is 0 Å². The lowest BCUT2D eigenvalue weighted by Crippen LogP contribution is -2.18. The summed E-state index contributed by atoms with van der Waals surface area (Å²) in [5.41, 5.74) is 5.05. The standard InChI is InChI=1S/C16H20N2/c1-12-6-8-14(9-7-12)16-11-10-13-4-2-3-5-15(13)17-18-16/h6-9,13H,2-5,10-11H2,1H3. The van der Waals surface area contributed by atoms with Gasteiger partial charge in [-0.2, -0.15) is 10.2 Å². The Labute approximate surface area is 109 Å². The van der Waals surface area contributed by atoms with Crippen LogP contribution < -0.4 is 0 Å². The summed E-state index contributed by atoms with van der Waals surface area (Å²) in [6.45, 7) is 2.12. The molecule has 0 saturated heterocycles. The first kappa shape index (κ1) is 11.6. The van der Waals surface area contributed by atoms with Gasteiger partial charge in [0.15, 0.2) is 0 Å². The summed E-state index contributed by atoms with van der Waals surface area (Å²) in [6.07, 6.45) is 7.44. The van der Waals surface area contributed by atoms with Crippen LogP contribution in [-0.4, -0.2) is 11.4 Å². The molecule has 1 fully saturated rings. The fraction of sp³-hybridized carbons (Fsp3) is 0.500. The maximum absolute atomic E-state index is 4.53. The summed E-state index contributed by atoms with van der Waals surface area (Å²) in [7, 11) is 0. The van der Waals surface area contributed by atoms with E-state index < -0.39 is 0 Å². The smallest absolute Gasteiger partial charge is 0.0702 e. The van der Waals surface area contributed by atoms with Crippen molar-refractivity contribution in [1.82, 2.24) is 0 Å². The molecule has 3 rings (SSSR count). The van der Waals surface area contributed by atoms with E-state index >= 15 is 0 Å². The van der Waals surface area contributed by atoms with E-state index in [-0.39, 0.29) is 0 Å². The first-order chi connectivity index (χ1) is 8.83. The zero-order valence-corrected chi connectivity index (χ0v) is 11.0. The summed E-state index contributed by atoms with van der Waals surface area (Å²) in [5, 5.41) is 9.04. The molecule has 0 amide bonds. The molecule has 2 nitrogen and oxygen atoms in total. The maximum Gasteiger partial charge on any atom is 0.0702 e. The number of nitrogens with zero attached hydrogens (tertiary/aromatic N) is 2. The van der Waals surface area contributed by atoms with E-state index in [0.717, 1.165) is 18.6 Å². The van der Waals surface area contributed by atoms with Crippen LogP contribution in [0.15, 0.2) is 34.5 Å². The Kier molecular flexibility index (Phi) is 3.26. The highest BCUT2D eigenvalue weighted by atomic mass is 15.2. The molecule has 2 aliphatic rings. The van der Waals surface area contributed by atoms with Gasteiger partial charge in [0.25, 0.3) is 0 Å². The largest absolute Gasteiger partial charge is 0.160 e. The fourth-order valence-electron chi connectivity index (χ4n) is 2.94. The molecule has 1 aliphatic heterocycles. The third-order valence-electron chi connectivity index (χ3n) is 4.12. The second-order valence-electron chi connectivity index (χ2n) is 5.49. The topological polar surface area (TPSA) is 24.7 Å². The summed E-state index contributed by atoms with van der Waals surface area (Å²) in [4.78, 5) is 0. The Balaban J connectivity index is 1.84. The molecular formula is C16H20N2. The van der Waals surface area contributed by atoms with Crippen molar-refractivity contribution in [3.63, 3.8) is 0 Å². The van der Waals surface area contributed by atoms with E-state index in [4.69, 9.17) is 0 Å². The zero-order chi connectivity index (χ0) is 12.4. The van der Waals surface area contributed by atoms with Gasteiger partial charge in [0.1, 0.15) is 0 Å². The number of hydrogen-bond acceptors (Lipinski definition) is 2. The van der Waals surface area contributed by atoms with Crippen molar-refractivity contribution >= 4 is 11.4 Å². The van der Waals surface area contributed by atoms with Gasteiger partial charge in [0.2, 0.25) is 0 Å². The van der Waals surface area contributed by atoms with Crippen molar-refractivity contribution < 1.29 is 0 Å². The van der Waals surface area contributed by atoms with Crippen LogP contribution >= 0.6 is 0 Å². The van der Waals surface area contributed by atoms with E-state index in [0.29, 0.717) is 5.92 Å². The average molecular weight is 240 g/mol. The Morgan fingerprint density at radius 3 is 2.61 bits per heavy atom. The highest BCUT2D eigenvalue weighted by Gasteiger charge is 2.23. The Morgan fingerprint density at radius 2 is 1.78 bits per heavy atom. The van der Waals surface area contributed by atoms with Gasteiger partial charge in [-0.25, -0.2) is 0 Å². The van der Waals surface area contributed by atoms with Crippen molar-refractivity contribution in [2.24, 2.45) is 16.1 Å². The van der Waals surface area contributed by atoms with Crippen molar-refractivity contribution in [2.45, 2.75) is 45.4 Å². The van der Waals surface area contributed by atoms with Crippen LogP contribution in [0.2, 0.25) is 0 Å². The van der Waals surface area contributed by atoms with Gasteiger partial charge in [-0.15, -0.1) is 0 Å². The van der Waals surface area contributed by atoms with E-state index in [1.165, 1.54) is 42.5 Å². The Bertz CT molecular complexity index is 482. The van der Waals surface area contributed by atoms with Crippen LogP contribution in [0.25, 0.3) is 0 Å². The first-order valence-electron chi connectivity index (χ1n) is 7.03. The first-order valence-corrected chi connectivity index (χ1v) is 7.03. The SMILES string of the molecule is Cc1ccc(C2=NN=C3CCCCC3CC2)cc1. The molecule has 2 heteroatoms. The van der Waals surface area contributed by atoms with Gasteiger partial charge in [-0.05, 0) is 50.5 Å². The molecule has 0 N–H and O–H groups in total. The summed E-state index contributed by atoms with van der Waals surface area (Å²) < 4.78 is 0. The van der Waals surface area contributed by atoms with Crippen LogP contribution in [0.4, 0.5) is 0 Å². The quantitative estimate of drug-likeness (QED) is 0.705. The van der Waals surface area contributed by atoms with Gasteiger partial charge < -0.3 is 0 Å². The molecule has 94 valence electrons. The number of fused-ring (bicyclic) bond motifs is 1. The summed E-state index contributed by atoms with van der Waals surface area (Å²) in [6, 6.07) is 8.65. The van der Waals surface area contributed by atoms with Crippen LogP contribution in [0, 0.1) is 12.8 Å². The molecule has 1 atom stereocenters. The van der Waals surface area contributed by atoms with E-state index in [1.807, 2.05) is 0 Å². The number of benzene rings is 1. The summed E-state index contributed by atoms with van der Waals surface area (Å²) >= 11 is 0. The number of rotatable bonds is 1. The lowest BCUT2D eigenvalue weighted by molar-refractivity contribution is 0.507. The lowest BCUT2D eigenvalue weighted by atomic mass is 9.83. The van der Waals surface area contributed by atoms with Crippen molar-refractivity contribution in [2.75, 3.05) is 0 Å². The van der Waals surface area contributed by atoms with Gasteiger partial charge in [-0.1, -0.05) is 36.2 Å². The van der Waals surface area contributed by atoms with Crippen molar-refractivity contribution in [1.29, 1.82) is 0 Å². The molecule has 1 saturated carbocycles. The third kappa shape index (κ3) is 2.38. The normalized spacial score (nSPS) is 23.7. The highest BCUT2D eigenvalue weighted by molar-refractivity contribution is 6.02. The molecule has 1 heterocycles. The molecule has 1 aliphatic carbocycles. The van der Waals surface area contributed by atoms with Gasteiger partial charge >= 0.3 is 0 Å². The molecule has 1 aromatic rings. The number of hydrogen-bond donors (Lipinski definition) is 0. The molecule has 0 radical (unpaired) electrons. The second kappa shape index (κ2) is 5.05. The average Bonchev–Trinajstić information content (AvgIpc) is 2.62. The highest BCUT2D eigenvalue weighted by Crippen LogP contribution is 2.28. The molecule has 0 bridgehead atoms. The van der Waals surface area contributed by atoms with Crippen molar-refractivity contribution in [3.8, 4) is 0 Å². The van der Waals surface area contributed by atoms with Crippen molar-refractivity contribution in [3.05, 3.63) is 35.4 Å². The van der Waals surface area contributed by atoms with Crippen LogP contribution in [-0.2, 0) is 0 Å². The maximum atomic E-state index is 4.53. The third-order valence-corrected chi connectivity index (χ3v) is 4.12. The predicted octanol–water partition coefficient (Wildman–Crippen LogP) is 4.12. The van der Waals surface area contributed by atoms with Gasteiger partial charge in [0, 0.05) is 5.71 Å². The molecule has 0 aromatic heterocycles. The minimum Gasteiger partial charge on any atom is -0.160 e. The molecule has 1 unspecified atom stereocenters. The second-order valence-corrected chi connectivity index (χ2v) is 5.49. The van der Waals surface area contributed by atoms with Gasteiger partial charge in [-0.3, -0.25) is 0 Å². The summed E-state index contributed by atoms with van der Waals surface area (Å²) in [5.74, 6) is 0.699. The monoisotopic (exact) mass is 240 g/mol. The predicted molar refractivity (Wildman–Crippen MR) is 76.3 cm³/mol.